The number of aliphatic hydroxyl groups is 7. The van der Waals surface area contributed by atoms with Crippen molar-refractivity contribution in [3.63, 3.8) is 0 Å². The maximum atomic E-state index is 12.6. The van der Waals surface area contributed by atoms with E-state index in [1.807, 2.05) is 66.7 Å². The molecule has 0 bridgehead atoms. The van der Waals surface area contributed by atoms with Gasteiger partial charge in [0.05, 0.1) is 75.6 Å². The van der Waals surface area contributed by atoms with E-state index in [1.165, 1.54) is 27.5 Å². The zero-order valence-corrected chi connectivity index (χ0v) is 53.9. The average Bonchev–Trinajstić information content (AvgIpc) is 0.766. The predicted octanol–water partition coefficient (Wildman–Crippen LogP) is 3.99. The van der Waals surface area contributed by atoms with Gasteiger partial charge in [0.2, 0.25) is 0 Å². The van der Waals surface area contributed by atoms with E-state index in [9.17, 15) is 54.0 Å². The SMILES string of the molecule is CC1(C)CCn2c(=O)c(=O)n(CC(O)C(C)(C)O)c3cccc1c32.CC1(C)CCn2c(=O)c(=O)n(CCCC(O)CO)c3cccc1c32.CC1(C)CCn2c(=O)c(=O)n(CCCO)c3cccc1c32.CC1(C)CCn2c(=O)c(OC[C@H](O)CO)nc3cccc1c32. The van der Waals surface area contributed by atoms with Crippen LogP contribution >= 0.6 is 0 Å². The fraction of sp³-hybridized carbons (Fsp3) is 0.529. The van der Waals surface area contributed by atoms with Crippen LogP contribution in [-0.2, 0) is 67.5 Å². The van der Waals surface area contributed by atoms with Gasteiger partial charge in [-0.3, -0.25) is 38.1 Å². The van der Waals surface area contributed by atoms with Crippen LogP contribution < -0.4 is 43.7 Å². The third-order valence-corrected chi connectivity index (χ3v) is 18.9. The third kappa shape index (κ3) is 13.1. The molecule has 8 heterocycles. The average molecular weight is 1260 g/mol. The molecule has 0 radical (unpaired) electrons. The van der Waals surface area contributed by atoms with E-state index >= 15 is 0 Å². The molecule has 3 atom stereocenters. The highest BCUT2D eigenvalue weighted by Gasteiger charge is 2.36. The van der Waals surface area contributed by atoms with Crippen molar-refractivity contribution in [2.24, 2.45) is 0 Å². The molecule has 4 aliphatic rings. The number of nitrogens with zero attached hydrogens (tertiary/aromatic N) is 8. The molecule has 2 unspecified atom stereocenters. The van der Waals surface area contributed by atoms with E-state index in [0.717, 1.165) is 81.0 Å². The summed E-state index contributed by atoms with van der Waals surface area (Å²) in [5.74, 6) is -0.0307. The topological polar surface area (TPSA) is 318 Å². The largest absolute Gasteiger partial charge is 0.471 e. The summed E-state index contributed by atoms with van der Waals surface area (Å²) in [7, 11) is 0. The Morgan fingerprint density at radius 1 is 0.484 bits per heavy atom. The van der Waals surface area contributed by atoms with Gasteiger partial charge in [-0.1, -0.05) is 104 Å². The molecular weight excluding hydrogens is 1170 g/mol. The van der Waals surface area contributed by atoms with E-state index < -0.39 is 63.9 Å². The molecule has 23 heteroatoms. The molecule has 7 N–H and O–H groups in total. The molecule has 490 valence electrons. The van der Waals surface area contributed by atoms with Gasteiger partial charge in [-0.2, -0.15) is 0 Å². The van der Waals surface area contributed by atoms with E-state index in [2.05, 4.69) is 60.4 Å². The number of para-hydroxylation sites is 4. The lowest BCUT2D eigenvalue weighted by molar-refractivity contribution is -0.0551. The lowest BCUT2D eigenvalue weighted by atomic mass is 9.78. The van der Waals surface area contributed by atoms with Crippen LogP contribution in [0.4, 0.5) is 0 Å². The summed E-state index contributed by atoms with van der Waals surface area (Å²) in [6.45, 7) is 22.1. The van der Waals surface area contributed by atoms with Gasteiger partial charge in [-0.15, -0.1) is 0 Å². The van der Waals surface area contributed by atoms with Crippen LogP contribution in [0.15, 0.2) is 106 Å². The number of ether oxygens (including phenoxy) is 1. The van der Waals surface area contributed by atoms with Crippen molar-refractivity contribution in [3.8, 4) is 5.88 Å². The molecule has 23 nitrogen and oxygen atoms in total. The Balaban J connectivity index is 0.000000144. The Bertz CT molecular complexity index is 4520. The Kier molecular flexibility index (Phi) is 19.5. The molecule has 0 saturated carbocycles. The second kappa shape index (κ2) is 26.2. The molecule has 91 heavy (non-hydrogen) atoms. The number of aliphatic hydroxyl groups excluding tert-OH is 6. The van der Waals surface area contributed by atoms with E-state index in [1.54, 1.807) is 24.3 Å². The second-order valence-electron chi connectivity index (χ2n) is 27.7. The number of hydrogen-bond donors (Lipinski definition) is 7. The summed E-state index contributed by atoms with van der Waals surface area (Å²) >= 11 is 0. The first-order valence-electron chi connectivity index (χ1n) is 31.4. The molecule has 0 aliphatic carbocycles. The predicted molar refractivity (Wildman–Crippen MR) is 349 cm³/mol. The van der Waals surface area contributed by atoms with E-state index in [-0.39, 0.29) is 59.5 Å². The van der Waals surface area contributed by atoms with Gasteiger partial charge in [0, 0.05) is 45.9 Å². The third-order valence-electron chi connectivity index (χ3n) is 18.9. The molecular formula is C68H88N8O15. The number of rotatable bonds is 15. The maximum Gasteiger partial charge on any atom is 0.317 e. The van der Waals surface area contributed by atoms with Crippen molar-refractivity contribution in [2.75, 3.05) is 26.4 Å². The summed E-state index contributed by atoms with van der Waals surface area (Å²) in [6.07, 6.45) is 1.72. The highest BCUT2D eigenvalue weighted by molar-refractivity contribution is 5.83. The van der Waals surface area contributed by atoms with Crippen LogP contribution in [0.1, 0.15) is 136 Å². The normalized spacial score (nSPS) is 17.2. The molecule has 8 aromatic rings. The molecule has 4 aromatic carbocycles. The molecule has 4 aromatic heterocycles. The van der Waals surface area contributed by atoms with Crippen LogP contribution in [0, 0.1) is 0 Å². The Labute approximate surface area is 524 Å². The lowest BCUT2D eigenvalue weighted by Crippen LogP contribution is -2.48. The minimum atomic E-state index is -1.37. The monoisotopic (exact) mass is 1260 g/mol. The van der Waals surface area contributed by atoms with Gasteiger partial charge >= 0.3 is 38.9 Å². The fourth-order valence-electron chi connectivity index (χ4n) is 13.0. The van der Waals surface area contributed by atoms with Crippen LogP contribution in [0.5, 0.6) is 5.88 Å². The molecule has 0 spiro atoms. The minimum Gasteiger partial charge on any atom is -0.471 e. The second-order valence-corrected chi connectivity index (χ2v) is 27.7. The molecule has 4 aliphatic heterocycles. The highest BCUT2D eigenvalue weighted by Crippen LogP contribution is 2.40. The first kappa shape index (κ1) is 67.7. The summed E-state index contributed by atoms with van der Waals surface area (Å²) in [6, 6.07) is 23.2. The van der Waals surface area contributed by atoms with Crippen molar-refractivity contribution >= 4 is 44.1 Å². The molecule has 0 fully saturated rings. The van der Waals surface area contributed by atoms with Crippen LogP contribution in [-0.4, -0.2) is 123 Å². The highest BCUT2D eigenvalue weighted by atomic mass is 16.5. The van der Waals surface area contributed by atoms with Gasteiger partial charge in [-0.25, -0.2) is 4.98 Å². The van der Waals surface area contributed by atoms with Gasteiger partial charge in [0.1, 0.15) is 18.8 Å². The van der Waals surface area contributed by atoms with Crippen molar-refractivity contribution in [1.82, 2.24) is 37.0 Å². The smallest absolute Gasteiger partial charge is 0.317 e. The Morgan fingerprint density at radius 3 is 1.24 bits per heavy atom. The lowest BCUT2D eigenvalue weighted by Gasteiger charge is -2.34. The van der Waals surface area contributed by atoms with Crippen molar-refractivity contribution in [2.45, 2.75) is 206 Å². The maximum absolute atomic E-state index is 12.6. The van der Waals surface area contributed by atoms with Gasteiger partial charge in [0.25, 0.3) is 5.88 Å². The van der Waals surface area contributed by atoms with Crippen molar-refractivity contribution in [1.29, 1.82) is 0 Å². The van der Waals surface area contributed by atoms with Crippen molar-refractivity contribution in [3.05, 3.63) is 168 Å². The summed E-state index contributed by atoms with van der Waals surface area (Å²) in [5.41, 5.74) is 5.57. The standard InChI is InChI=1S/2C18H24N2O4.C16H20N2O4.C16H20N2O3/c1-17(2)8-9-19-14-11(17)6-5-7-12(14)20(16(23)15(19)22)10-13(21)18(3,4)24;1-18(2)8-10-20-15-13(18)6-3-7-14(15)19(16(23)17(20)24)9-4-5-12(22)11-21;1-16(2)6-7-18-13-11(16)4-3-5-12(13)17-14(15(18)21)22-9-10(20)8-19;1-16(2)7-9-18-13-11(16)5-3-6-12(13)17(8-4-10-19)14(20)15(18)21/h5-7,13,21,24H,8-10H2,1-4H3;3,6-7,12,21-22H,4-5,8-11H2,1-2H3;3-5,10,19-20H,6-9H2,1-2H3;3,5-6,19H,4,7-10H2,1-2H3/t;;10-;/m..1./s1. The van der Waals surface area contributed by atoms with Gasteiger partial charge in [0.15, 0.2) is 0 Å². The molecule has 0 saturated heterocycles. The molecule has 0 amide bonds. The number of benzene rings is 4. The zero-order chi connectivity index (χ0) is 66.4. The quantitative estimate of drug-likeness (QED) is 0.0714. The zero-order valence-electron chi connectivity index (χ0n) is 53.9. The summed E-state index contributed by atoms with van der Waals surface area (Å²) < 4.78 is 16.1. The first-order chi connectivity index (χ1) is 42.8. The molecule has 12 rings (SSSR count). The number of aromatic nitrogens is 8. The van der Waals surface area contributed by atoms with Gasteiger partial charge < -0.3 is 67.9 Å². The van der Waals surface area contributed by atoms with E-state index in [4.69, 9.17) is 20.1 Å². The van der Waals surface area contributed by atoms with Crippen molar-refractivity contribution < 1.29 is 40.5 Å². The minimum absolute atomic E-state index is 0.00218. The Hall–Kier alpha value is -7.64. The van der Waals surface area contributed by atoms with Gasteiger partial charge in [-0.05, 0) is 127 Å². The van der Waals surface area contributed by atoms with Crippen LogP contribution in [0.2, 0.25) is 0 Å². The number of hydrogen-bond acceptors (Lipinski definition) is 16. The first-order valence-corrected chi connectivity index (χ1v) is 31.4. The van der Waals surface area contributed by atoms with E-state index in [0.29, 0.717) is 69.6 Å². The summed E-state index contributed by atoms with van der Waals surface area (Å²) in [4.78, 5) is 91.7. The summed E-state index contributed by atoms with van der Waals surface area (Å²) in [5, 5.41) is 65.8. The van der Waals surface area contributed by atoms with Crippen LogP contribution in [0.25, 0.3) is 44.1 Å². The fourth-order valence-corrected chi connectivity index (χ4v) is 13.0. The number of aryl methyl sites for hydroxylation is 6. The Morgan fingerprint density at radius 2 is 0.846 bits per heavy atom. The van der Waals surface area contributed by atoms with Crippen LogP contribution in [0.3, 0.4) is 0 Å².